The van der Waals surface area contributed by atoms with Crippen molar-refractivity contribution in [2.45, 2.75) is 19.8 Å². The lowest BCUT2D eigenvalue weighted by Gasteiger charge is -2.01. The monoisotopic (exact) mass is 229 g/mol. The maximum atomic E-state index is 11.4. The van der Waals surface area contributed by atoms with Crippen LogP contribution in [0.1, 0.15) is 25.3 Å². The smallest absolute Gasteiger partial charge is 0.221 e. The van der Waals surface area contributed by atoms with E-state index in [1.54, 1.807) is 6.08 Å². The van der Waals surface area contributed by atoms with Gasteiger partial charge in [0.1, 0.15) is 0 Å². The Morgan fingerprint density at radius 3 is 2.41 bits per heavy atom. The van der Waals surface area contributed by atoms with Gasteiger partial charge in [-0.25, -0.2) is 0 Å². The van der Waals surface area contributed by atoms with E-state index in [-0.39, 0.29) is 17.6 Å². The maximum Gasteiger partial charge on any atom is 0.221 e. The number of benzene rings is 1. The van der Waals surface area contributed by atoms with Gasteiger partial charge in [-0.2, -0.15) is 0 Å². The van der Waals surface area contributed by atoms with E-state index in [4.69, 9.17) is 0 Å². The zero-order valence-electron chi connectivity index (χ0n) is 9.77. The molecule has 1 aliphatic carbocycles. The number of amides is 1. The molecule has 1 aromatic carbocycles. The van der Waals surface area contributed by atoms with Gasteiger partial charge < -0.3 is 5.32 Å². The molecule has 1 aliphatic rings. The van der Waals surface area contributed by atoms with Gasteiger partial charge in [-0.05, 0) is 36.6 Å². The van der Waals surface area contributed by atoms with Gasteiger partial charge in [-0.15, -0.1) is 0 Å². The Hall–Kier alpha value is -1.90. The molecule has 0 heterocycles. The second-order valence-corrected chi connectivity index (χ2v) is 4.31. The van der Waals surface area contributed by atoms with Gasteiger partial charge in [0.15, 0.2) is 5.78 Å². The molecule has 17 heavy (non-hydrogen) atoms. The minimum atomic E-state index is -0.0859. The van der Waals surface area contributed by atoms with Crippen molar-refractivity contribution in [3.63, 3.8) is 0 Å². The zero-order valence-corrected chi connectivity index (χ0v) is 9.77. The Kier molecular flexibility index (Phi) is 3.38. The van der Waals surface area contributed by atoms with Crippen LogP contribution in [0.2, 0.25) is 0 Å². The average molecular weight is 229 g/mol. The molecular weight excluding hydrogens is 214 g/mol. The molecule has 0 unspecified atom stereocenters. The van der Waals surface area contributed by atoms with Crippen molar-refractivity contribution >= 4 is 23.5 Å². The van der Waals surface area contributed by atoms with Crippen LogP contribution in [0, 0.1) is 5.92 Å². The fourth-order valence-corrected chi connectivity index (χ4v) is 1.56. The first kappa shape index (κ1) is 11.6. The summed E-state index contributed by atoms with van der Waals surface area (Å²) >= 11 is 0. The predicted octanol–water partition coefficient (Wildman–Crippen LogP) is 2.64. The Morgan fingerprint density at radius 2 is 1.88 bits per heavy atom. The van der Waals surface area contributed by atoms with Crippen molar-refractivity contribution in [1.82, 2.24) is 0 Å². The molecule has 1 saturated carbocycles. The third kappa shape index (κ3) is 3.55. The number of anilines is 1. The summed E-state index contributed by atoms with van der Waals surface area (Å²) in [5.41, 5.74) is 1.73. The standard InChI is InChI=1S/C14H15NO2/c1-10(16)15-13-7-2-11(3-8-13)4-9-14(17)12-5-6-12/h2-4,7-9,12H,5-6H2,1H3,(H,15,16). The molecule has 2 rings (SSSR count). The van der Waals surface area contributed by atoms with Gasteiger partial charge in [0.05, 0.1) is 0 Å². The summed E-state index contributed by atoms with van der Waals surface area (Å²) in [5.74, 6) is 0.401. The summed E-state index contributed by atoms with van der Waals surface area (Å²) in [7, 11) is 0. The first-order valence-electron chi connectivity index (χ1n) is 5.75. The van der Waals surface area contributed by atoms with Crippen LogP contribution in [-0.2, 0) is 9.59 Å². The van der Waals surface area contributed by atoms with Crippen LogP contribution in [0.25, 0.3) is 6.08 Å². The number of rotatable bonds is 4. The fourth-order valence-electron chi connectivity index (χ4n) is 1.56. The molecule has 1 amide bonds. The highest BCUT2D eigenvalue weighted by molar-refractivity contribution is 5.96. The fraction of sp³-hybridized carbons (Fsp3) is 0.286. The van der Waals surface area contributed by atoms with Gasteiger partial charge in [-0.1, -0.05) is 18.2 Å². The molecule has 0 radical (unpaired) electrons. The van der Waals surface area contributed by atoms with Crippen LogP contribution in [0.15, 0.2) is 30.3 Å². The van der Waals surface area contributed by atoms with Gasteiger partial charge in [0, 0.05) is 18.5 Å². The molecule has 1 N–H and O–H groups in total. The molecule has 0 atom stereocenters. The Balaban J connectivity index is 1.97. The van der Waals surface area contributed by atoms with Crippen molar-refractivity contribution in [3.05, 3.63) is 35.9 Å². The predicted molar refractivity (Wildman–Crippen MR) is 67.5 cm³/mol. The topological polar surface area (TPSA) is 46.2 Å². The maximum absolute atomic E-state index is 11.4. The normalized spacial score (nSPS) is 14.9. The third-order valence-electron chi connectivity index (χ3n) is 2.65. The van der Waals surface area contributed by atoms with E-state index < -0.39 is 0 Å². The lowest BCUT2D eigenvalue weighted by molar-refractivity contribution is -0.116. The van der Waals surface area contributed by atoms with E-state index in [9.17, 15) is 9.59 Å². The first-order valence-corrected chi connectivity index (χ1v) is 5.75. The number of hydrogen-bond donors (Lipinski definition) is 1. The quantitative estimate of drug-likeness (QED) is 0.807. The van der Waals surface area contributed by atoms with Gasteiger partial charge >= 0.3 is 0 Å². The van der Waals surface area contributed by atoms with E-state index in [1.165, 1.54) is 6.92 Å². The summed E-state index contributed by atoms with van der Waals surface area (Å²) in [6.07, 6.45) is 5.53. The van der Waals surface area contributed by atoms with Crippen molar-refractivity contribution in [2.24, 2.45) is 5.92 Å². The number of carbonyl (C=O) groups is 2. The number of nitrogens with one attached hydrogen (secondary N) is 1. The van der Waals surface area contributed by atoms with Crippen molar-refractivity contribution in [1.29, 1.82) is 0 Å². The highest BCUT2D eigenvalue weighted by Gasteiger charge is 2.27. The second-order valence-electron chi connectivity index (χ2n) is 4.31. The highest BCUT2D eigenvalue weighted by Crippen LogP contribution is 2.30. The first-order chi connectivity index (χ1) is 8.15. The minimum absolute atomic E-state index is 0.0859. The van der Waals surface area contributed by atoms with Crippen LogP contribution >= 0.6 is 0 Å². The number of carbonyl (C=O) groups excluding carboxylic acids is 2. The van der Waals surface area contributed by atoms with E-state index >= 15 is 0 Å². The molecule has 88 valence electrons. The van der Waals surface area contributed by atoms with Crippen LogP contribution in [-0.4, -0.2) is 11.7 Å². The summed E-state index contributed by atoms with van der Waals surface area (Å²) < 4.78 is 0. The van der Waals surface area contributed by atoms with E-state index in [2.05, 4.69) is 5.32 Å². The molecular formula is C14H15NO2. The van der Waals surface area contributed by atoms with Crippen LogP contribution in [0.5, 0.6) is 0 Å². The molecule has 0 aromatic heterocycles. The van der Waals surface area contributed by atoms with E-state index in [0.717, 1.165) is 24.1 Å². The molecule has 0 saturated heterocycles. The molecule has 0 aliphatic heterocycles. The zero-order chi connectivity index (χ0) is 12.3. The van der Waals surface area contributed by atoms with Gasteiger partial charge in [0.25, 0.3) is 0 Å². The largest absolute Gasteiger partial charge is 0.326 e. The number of hydrogen-bond acceptors (Lipinski definition) is 2. The van der Waals surface area contributed by atoms with Crippen LogP contribution < -0.4 is 5.32 Å². The molecule has 3 nitrogen and oxygen atoms in total. The molecule has 3 heteroatoms. The summed E-state index contributed by atoms with van der Waals surface area (Å²) in [6, 6.07) is 7.40. The molecule has 1 aromatic rings. The highest BCUT2D eigenvalue weighted by atomic mass is 16.1. The molecule has 0 bridgehead atoms. The summed E-state index contributed by atoms with van der Waals surface area (Å²) in [4.78, 5) is 22.3. The molecule has 1 fully saturated rings. The Bertz CT molecular complexity index is 456. The lowest BCUT2D eigenvalue weighted by atomic mass is 10.1. The average Bonchev–Trinajstić information content (AvgIpc) is 3.11. The SMILES string of the molecule is CC(=O)Nc1ccc(C=CC(=O)C2CC2)cc1. The van der Waals surface area contributed by atoms with Crippen molar-refractivity contribution in [2.75, 3.05) is 5.32 Å². The third-order valence-corrected chi connectivity index (χ3v) is 2.65. The van der Waals surface area contributed by atoms with E-state index in [0.29, 0.717) is 0 Å². The van der Waals surface area contributed by atoms with Crippen LogP contribution in [0.3, 0.4) is 0 Å². The van der Waals surface area contributed by atoms with Crippen molar-refractivity contribution < 1.29 is 9.59 Å². The summed E-state index contributed by atoms with van der Waals surface area (Å²) in [6.45, 7) is 1.47. The number of allylic oxidation sites excluding steroid dienone is 1. The minimum Gasteiger partial charge on any atom is -0.326 e. The second kappa shape index (κ2) is 4.95. The Morgan fingerprint density at radius 1 is 1.24 bits per heavy atom. The Labute approximate surface area is 101 Å². The van der Waals surface area contributed by atoms with Gasteiger partial charge in [0.2, 0.25) is 5.91 Å². The van der Waals surface area contributed by atoms with E-state index in [1.807, 2.05) is 30.3 Å². The molecule has 0 spiro atoms. The van der Waals surface area contributed by atoms with Gasteiger partial charge in [-0.3, -0.25) is 9.59 Å². The lowest BCUT2D eigenvalue weighted by Crippen LogP contribution is -2.05. The summed E-state index contributed by atoms with van der Waals surface area (Å²) in [5, 5.41) is 2.70. The van der Waals surface area contributed by atoms with Crippen LogP contribution in [0.4, 0.5) is 5.69 Å². The number of ketones is 1. The van der Waals surface area contributed by atoms with Crippen molar-refractivity contribution in [3.8, 4) is 0 Å².